The molecule has 0 aliphatic carbocycles. The summed E-state index contributed by atoms with van der Waals surface area (Å²) >= 11 is 0. The quantitative estimate of drug-likeness (QED) is 0.645. The molecule has 0 atom stereocenters. The lowest BCUT2D eigenvalue weighted by Gasteiger charge is -2.14. The first kappa shape index (κ1) is 16.7. The van der Waals surface area contributed by atoms with Crippen LogP contribution in [0.1, 0.15) is 44.5 Å². The Morgan fingerprint density at radius 3 is 2.15 bits per heavy atom. The Labute approximate surface area is 122 Å². The monoisotopic (exact) mass is 280 g/mol. The number of hydrogen-bond acceptors (Lipinski definition) is 5. The Kier molecular flexibility index (Phi) is 7.95. The van der Waals surface area contributed by atoms with E-state index in [1.807, 2.05) is 13.8 Å². The van der Waals surface area contributed by atoms with E-state index in [0.717, 1.165) is 55.6 Å². The van der Waals surface area contributed by atoms with E-state index in [1.54, 1.807) is 0 Å². The number of ether oxygens (including phenoxy) is 1. The second-order valence-electron chi connectivity index (χ2n) is 4.91. The normalized spacial score (nSPS) is 10.6. The number of anilines is 2. The first-order valence-corrected chi connectivity index (χ1v) is 7.59. The van der Waals surface area contributed by atoms with Crippen molar-refractivity contribution in [1.82, 2.24) is 9.97 Å². The minimum absolute atomic E-state index is 0.709. The molecule has 0 unspecified atom stereocenters. The number of aromatic nitrogens is 2. The molecule has 1 aromatic rings. The predicted octanol–water partition coefficient (Wildman–Crippen LogP) is 3.14. The van der Waals surface area contributed by atoms with Crippen molar-refractivity contribution in [3.05, 3.63) is 11.4 Å². The van der Waals surface area contributed by atoms with Crippen LogP contribution in [0.2, 0.25) is 0 Å². The van der Waals surface area contributed by atoms with Gasteiger partial charge in [-0.1, -0.05) is 20.3 Å². The van der Waals surface area contributed by atoms with Gasteiger partial charge in [-0.25, -0.2) is 9.97 Å². The lowest BCUT2D eigenvalue weighted by atomic mass is 10.3. The van der Waals surface area contributed by atoms with Crippen molar-refractivity contribution >= 4 is 11.6 Å². The van der Waals surface area contributed by atoms with Crippen molar-refractivity contribution in [2.75, 3.05) is 36.9 Å². The SMILES string of the molecule is CCCCOCCNc1nc(C)nc(NCCC)c1C. The summed E-state index contributed by atoms with van der Waals surface area (Å²) in [4.78, 5) is 8.90. The van der Waals surface area contributed by atoms with Crippen molar-refractivity contribution < 1.29 is 4.74 Å². The molecule has 5 heteroatoms. The highest BCUT2D eigenvalue weighted by Crippen LogP contribution is 2.19. The summed E-state index contributed by atoms with van der Waals surface area (Å²) in [5.74, 6) is 2.60. The average Bonchev–Trinajstić information content (AvgIpc) is 2.44. The molecule has 0 aromatic carbocycles. The van der Waals surface area contributed by atoms with Crippen LogP contribution in [-0.4, -0.2) is 36.3 Å². The largest absolute Gasteiger partial charge is 0.380 e. The van der Waals surface area contributed by atoms with Crippen molar-refractivity contribution in [3.8, 4) is 0 Å². The van der Waals surface area contributed by atoms with Crippen LogP contribution in [-0.2, 0) is 4.74 Å². The van der Waals surface area contributed by atoms with E-state index < -0.39 is 0 Å². The fourth-order valence-corrected chi connectivity index (χ4v) is 1.81. The van der Waals surface area contributed by atoms with E-state index in [1.165, 1.54) is 6.42 Å². The zero-order chi connectivity index (χ0) is 14.8. The molecule has 2 N–H and O–H groups in total. The predicted molar refractivity (Wildman–Crippen MR) is 84.5 cm³/mol. The van der Waals surface area contributed by atoms with Gasteiger partial charge in [0.2, 0.25) is 0 Å². The summed E-state index contributed by atoms with van der Waals surface area (Å²) in [6.07, 6.45) is 3.37. The van der Waals surface area contributed by atoms with Crippen LogP contribution in [0.4, 0.5) is 11.6 Å². The van der Waals surface area contributed by atoms with Crippen LogP contribution in [0.5, 0.6) is 0 Å². The van der Waals surface area contributed by atoms with Crippen LogP contribution in [0.15, 0.2) is 0 Å². The third-order valence-electron chi connectivity index (χ3n) is 2.98. The van der Waals surface area contributed by atoms with Gasteiger partial charge >= 0.3 is 0 Å². The molecule has 0 saturated carbocycles. The number of rotatable bonds is 10. The van der Waals surface area contributed by atoms with Gasteiger partial charge in [0.25, 0.3) is 0 Å². The molecule has 114 valence electrons. The molecular weight excluding hydrogens is 252 g/mol. The van der Waals surface area contributed by atoms with E-state index >= 15 is 0 Å². The Balaban J connectivity index is 2.49. The smallest absolute Gasteiger partial charge is 0.134 e. The number of nitrogens with one attached hydrogen (secondary N) is 2. The fraction of sp³-hybridized carbons (Fsp3) is 0.733. The highest BCUT2D eigenvalue weighted by Gasteiger charge is 2.08. The van der Waals surface area contributed by atoms with Gasteiger partial charge in [0.1, 0.15) is 17.5 Å². The average molecular weight is 280 g/mol. The Bertz CT molecular complexity index is 396. The van der Waals surface area contributed by atoms with E-state index in [4.69, 9.17) is 4.74 Å². The van der Waals surface area contributed by atoms with Crippen molar-refractivity contribution in [1.29, 1.82) is 0 Å². The van der Waals surface area contributed by atoms with Gasteiger partial charge in [-0.3, -0.25) is 0 Å². The highest BCUT2D eigenvalue weighted by atomic mass is 16.5. The topological polar surface area (TPSA) is 59.1 Å². The maximum absolute atomic E-state index is 5.54. The molecule has 0 fully saturated rings. The summed E-state index contributed by atoms with van der Waals surface area (Å²) in [5, 5.41) is 6.67. The molecule has 1 heterocycles. The van der Waals surface area contributed by atoms with Gasteiger partial charge in [-0.05, 0) is 26.7 Å². The van der Waals surface area contributed by atoms with E-state index in [-0.39, 0.29) is 0 Å². The van der Waals surface area contributed by atoms with Gasteiger partial charge in [0.15, 0.2) is 0 Å². The minimum Gasteiger partial charge on any atom is -0.380 e. The van der Waals surface area contributed by atoms with Gasteiger partial charge in [-0.2, -0.15) is 0 Å². The molecule has 5 nitrogen and oxygen atoms in total. The third kappa shape index (κ3) is 5.74. The lowest BCUT2D eigenvalue weighted by molar-refractivity contribution is 0.141. The first-order valence-electron chi connectivity index (χ1n) is 7.59. The van der Waals surface area contributed by atoms with Crippen LogP contribution in [0.25, 0.3) is 0 Å². The zero-order valence-electron chi connectivity index (χ0n) is 13.3. The third-order valence-corrected chi connectivity index (χ3v) is 2.98. The maximum atomic E-state index is 5.54. The molecule has 0 bridgehead atoms. The highest BCUT2D eigenvalue weighted by molar-refractivity contribution is 5.57. The molecule has 0 radical (unpaired) electrons. The number of nitrogens with zero attached hydrogens (tertiary/aromatic N) is 2. The summed E-state index contributed by atoms with van der Waals surface area (Å²) in [5.41, 5.74) is 1.07. The molecule has 0 saturated heterocycles. The van der Waals surface area contributed by atoms with E-state index in [9.17, 15) is 0 Å². The van der Waals surface area contributed by atoms with Crippen molar-refractivity contribution in [2.24, 2.45) is 0 Å². The summed E-state index contributed by atoms with van der Waals surface area (Å²) in [6, 6.07) is 0. The zero-order valence-corrected chi connectivity index (χ0v) is 13.3. The van der Waals surface area contributed by atoms with Crippen LogP contribution in [0.3, 0.4) is 0 Å². The van der Waals surface area contributed by atoms with Gasteiger partial charge in [-0.15, -0.1) is 0 Å². The summed E-state index contributed by atoms with van der Waals surface area (Å²) in [6.45, 7) is 11.5. The first-order chi connectivity index (χ1) is 9.69. The second-order valence-corrected chi connectivity index (χ2v) is 4.91. The van der Waals surface area contributed by atoms with E-state index in [0.29, 0.717) is 6.61 Å². The van der Waals surface area contributed by atoms with Gasteiger partial charge < -0.3 is 15.4 Å². The Morgan fingerprint density at radius 1 is 0.900 bits per heavy atom. The van der Waals surface area contributed by atoms with Gasteiger partial charge in [0, 0.05) is 25.3 Å². The molecule has 0 spiro atoms. The fourth-order valence-electron chi connectivity index (χ4n) is 1.81. The molecule has 0 amide bonds. The Hall–Kier alpha value is -1.36. The maximum Gasteiger partial charge on any atom is 0.134 e. The number of hydrogen-bond donors (Lipinski definition) is 2. The minimum atomic E-state index is 0.709. The standard InChI is InChI=1S/C15H28N4O/c1-5-7-10-20-11-9-17-15-12(3)14(16-8-6-2)18-13(4)19-15/h5-11H2,1-4H3,(H2,16,17,18,19). The number of aryl methyl sites for hydroxylation is 1. The molecule has 20 heavy (non-hydrogen) atoms. The van der Waals surface area contributed by atoms with Crippen LogP contribution < -0.4 is 10.6 Å². The summed E-state index contributed by atoms with van der Waals surface area (Å²) < 4.78 is 5.54. The number of unbranched alkanes of at least 4 members (excludes halogenated alkanes) is 1. The van der Waals surface area contributed by atoms with Crippen molar-refractivity contribution in [2.45, 2.75) is 47.0 Å². The van der Waals surface area contributed by atoms with Gasteiger partial charge in [0.05, 0.1) is 6.61 Å². The van der Waals surface area contributed by atoms with Crippen molar-refractivity contribution in [3.63, 3.8) is 0 Å². The lowest BCUT2D eigenvalue weighted by Crippen LogP contribution is -2.14. The second kappa shape index (κ2) is 9.53. The molecular formula is C15H28N4O. The Morgan fingerprint density at radius 2 is 1.55 bits per heavy atom. The molecule has 0 aliphatic heterocycles. The van der Waals surface area contributed by atoms with Crippen LogP contribution in [0, 0.1) is 13.8 Å². The molecule has 1 rings (SSSR count). The van der Waals surface area contributed by atoms with E-state index in [2.05, 4.69) is 34.4 Å². The molecule has 0 aliphatic rings. The summed E-state index contributed by atoms with van der Waals surface area (Å²) in [7, 11) is 0. The van der Waals surface area contributed by atoms with Crippen LogP contribution >= 0.6 is 0 Å². The molecule has 1 aromatic heterocycles.